The fourth-order valence-corrected chi connectivity index (χ4v) is 4.60. The van der Waals surface area contributed by atoms with Crippen LogP contribution in [0.4, 0.5) is 13.2 Å². The highest BCUT2D eigenvalue weighted by Crippen LogP contribution is 2.39. The van der Waals surface area contributed by atoms with Crippen molar-refractivity contribution in [2.75, 3.05) is 14.2 Å². The second-order valence-corrected chi connectivity index (χ2v) is 8.41. The SMILES string of the molecule is COc1cc(OC)cc(-n2c(-c3ccc(C(F)(F)F)cc3)nc3c4cccnc4c4ncccc4c32)c1. The van der Waals surface area contributed by atoms with E-state index in [4.69, 9.17) is 14.5 Å². The summed E-state index contributed by atoms with van der Waals surface area (Å²) in [7, 11) is 3.11. The molecule has 9 heteroatoms. The second kappa shape index (κ2) is 8.48. The number of rotatable bonds is 4. The summed E-state index contributed by atoms with van der Waals surface area (Å²) in [5.74, 6) is 1.57. The Balaban J connectivity index is 1.78. The summed E-state index contributed by atoms with van der Waals surface area (Å²) in [5, 5.41) is 1.58. The summed E-state index contributed by atoms with van der Waals surface area (Å²) >= 11 is 0. The van der Waals surface area contributed by atoms with Gasteiger partial charge in [-0.1, -0.05) is 12.1 Å². The lowest BCUT2D eigenvalue weighted by atomic mass is 10.1. The number of hydrogen-bond acceptors (Lipinski definition) is 5. The number of imidazole rings is 1. The average molecular weight is 500 g/mol. The predicted molar refractivity (Wildman–Crippen MR) is 135 cm³/mol. The molecule has 0 aliphatic rings. The third-order valence-electron chi connectivity index (χ3n) is 6.29. The Morgan fingerprint density at radius 1 is 0.730 bits per heavy atom. The van der Waals surface area contributed by atoms with Crippen LogP contribution in [-0.4, -0.2) is 33.7 Å². The molecule has 0 saturated heterocycles. The lowest BCUT2D eigenvalue weighted by Gasteiger charge is -2.14. The standard InChI is InChI=1S/C28H19F3N4O2/c1-36-19-13-18(14-20(15-19)37-2)35-26-22-6-4-12-33-24(22)23-21(5-3-11-32-23)25(26)34-27(35)16-7-9-17(10-8-16)28(29,30)31/h3-15H,1-2H3. The molecule has 0 amide bonds. The number of nitrogens with zero attached hydrogens (tertiary/aromatic N) is 4. The van der Waals surface area contributed by atoms with Crippen molar-refractivity contribution >= 4 is 32.8 Å². The molecule has 0 saturated carbocycles. The van der Waals surface area contributed by atoms with E-state index in [1.165, 1.54) is 12.1 Å². The van der Waals surface area contributed by atoms with Gasteiger partial charge in [0.25, 0.3) is 0 Å². The van der Waals surface area contributed by atoms with E-state index >= 15 is 0 Å². The highest BCUT2D eigenvalue weighted by molar-refractivity contribution is 6.21. The predicted octanol–water partition coefficient (Wildman–Crippen LogP) is 6.82. The molecule has 0 bridgehead atoms. The number of methoxy groups -OCH3 is 2. The van der Waals surface area contributed by atoms with Crippen LogP contribution in [-0.2, 0) is 6.18 Å². The van der Waals surface area contributed by atoms with Crippen molar-refractivity contribution in [2.45, 2.75) is 6.18 Å². The Bertz CT molecular complexity index is 1770. The summed E-state index contributed by atoms with van der Waals surface area (Å²) in [4.78, 5) is 14.1. The monoisotopic (exact) mass is 500 g/mol. The summed E-state index contributed by atoms with van der Waals surface area (Å²) < 4.78 is 52.8. The van der Waals surface area contributed by atoms with Crippen molar-refractivity contribution < 1.29 is 22.6 Å². The van der Waals surface area contributed by atoms with Crippen LogP contribution >= 0.6 is 0 Å². The minimum atomic E-state index is -4.44. The molecule has 184 valence electrons. The maximum atomic E-state index is 13.3. The molecular weight excluding hydrogens is 481 g/mol. The van der Waals surface area contributed by atoms with E-state index in [0.717, 1.165) is 28.4 Å². The van der Waals surface area contributed by atoms with Crippen LogP contribution < -0.4 is 9.47 Å². The van der Waals surface area contributed by atoms with Gasteiger partial charge in [0, 0.05) is 46.9 Å². The van der Waals surface area contributed by atoms with E-state index in [1.807, 2.05) is 41.0 Å². The molecule has 0 fully saturated rings. The molecule has 0 spiro atoms. The topological polar surface area (TPSA) is 62.1 Å². The maximum Gasteiger partial charge on any atom is 0.416 e. The number of hydrogen-bond donors (Lipinski definition) is 0. The molecule has 0 N–H and O–H groups in total. The Hall–Kier alpha value is -4.66. The summed E-state index contributed by atoms with van der Waals surface area (Å²) in [6, 6.07) is 17.9. The summed E-state index contributed by atoms with van der Waals surface area (Å²) in [5.41, 5.74) is 3.24. The molecule has 3 heterocycles. The van der Waals surface area contributed by atoms with E-state index < -0.39 is 11.7 Å². The second-order valence-electron chi connectivity index (χ2n) is 8.41. The number of ether oxygens (including phenoxy) is 2. The zero-order valence-corrected chi connectivity index (χ0v) is 19.7. The van der Waals surface area contributed by atoms with Crippen LogP contribution in [0.25, 0.3) is 49.9 Å². The number of alkyl halides is 3. The van der Waals surface area contributed by atoms with Gasteiger partial charge >= 0.3 is 6.18 Å². The highest BCUT2D eigenvalue weighted by Gasteiger charge is 2.30. The quantitative estimate of drug-likeness (QED) is 0.249. The molecular formula is C28H19F3N4O2. The van der Waals surface area contributed by atoms with Gasteiger partial charge in [-0.25, -0.2) is 4.98 Å². The first-order chi connectivity index (χ1) is 17.9. The van der Waals surface area contributed by atoms with Crippen molar-refractivity contribution in [3.8, 4) is 28.6 Å². The molecule has 0 atom stereocenters. The molecule has 0 aliphatic carbocycles. The van der Waals surface area contributed by atoms with Gasteiger partial charge in [0.1, 0.15) is 17.3 Å². The third-order valence-corrected chi connectivity index (χ3v) is 6.29. The van der Waals surface area contributed by atoms with Crippen LogP contribution in [0.2, 0.25) is 0 Å². The van der Waals surface area contributed by atoms with Crippen molar-refractivity contribution in [1.29, 1.82) is 0 Å². The first-order valence-corrected chi connectivity index (χ1v) is 11.3. The van der Waals surface area contributed by atoms with Gasteiger partial charge in [-0.05, 0) is 36.4 Å². The van der Waals surface area contributed by atoms with Crippen molar-refractivity contribution in [2.24, 2.45) is 0 Å². The highest BCUT2D eigenvalue weighted by atomic mass is 19.4. The largest absolute Gasteiger partial charge is 0.497 e. The number of pyridine rings is 2. The minimum absolute atomic E-state index is 0.459. The Morgan fingerprint density at radius 3 is 1.92 bits per heavy atom. The van der Waals surface area contributed by atoms with Crippen LogP contribution in [0.15, 0.2) is 79.1 Å². The van der Waals surface area contributed by atoms with Gasteiger partial charge in [0.05, 0.1) is 47.5 Å². The molecule has 3 aromatic carbocycles. The van der Waals surface area contributed by atoms with Crippen molar-refractivity contribution in [3.63, 3.8) is 0 Å². The van der Waals surface area contributed by atoms with Gasteiger partial charge in [-0.2, -0.15) is 13.2 Å². The minimum Gasteiger partial charge on any atom is -0.497 e. The van der Waals surface area contributed by atoms with Crippen molar-refractivity contribution in [3.05, 3.63) is 84.7 Å². The molecule has 0 unspecified atom stereocenters. The van der Waals surface area contributed by atoms with Gasteiger partial charge in [-0.15, -0.1) is 0 Å². The molecule has 6 aromatic rings. The van der Waals surface area contributed by atoms with Crippen LogP contribution in [0.3, 0.4) is 0 Å². The van der Waals surface area contributed by atoms with Gasteiger partial charge in [0.15, 0.2) is 0 Å². The van der Waals surface area contributed by atoms with Gasteiger partial charge in [0.2, 0.25) is 0 Å². The first kappa shape index (κ1) is 22.8. The van der Waals surface area contributed by atoms with Crippen LogP contribution in [0.1, 0.15) is 5.56 Å². The number of halogens is 3. The summed E-state index contributed by atoms with van der Waals surface area (Å²) in [6.07, 6.45) is -1.04. The Morgan fingerprint density at radius 2 is 1.32 bits per heavy atom. The normalized spacial score (nSPS) is 11.9. The fraction of sp³-hybridized carbons (Fsp3) is 0.107. The zero-order chi connectivity index (χ0) is 25.7. The zero-order valence-electron chi connectivity index (χ0n) is 19.7. The lowest BCUT2D eigenvalue weighted by molar-refractivity contribution is -0.137. The molecule has 0 radical (unpaired) electrons. The van der Waals surface area contributed by atoms with E-state index in [2.05, 4.69) is 9.97 Å². The van der Waals surface area contributed by atoms with Crippen LogP contribution in [0.5, 0.6) is 11.5 Å². The Kier molecular flexibility index (Phi) is 5.22. The Labute approximate surface area is 208 Å². The van der Waals surface area contributed by atoms with Gasteiger partial charge in [-0.3, -0.25) is 14.5 Å². The smallest absolute Gasteiger partial charge is 0.416 e. The van der Waals surface area contributed by atoms with Crippen LogP contribution in [0, 0.1) is 0 Å². The molecule has 0 aliphatic heterocycles. The van der Waals surface area contributed by atoms with E-state index in [0.29, 0.717) is 45.1 Å². The number of aromatic nitrogens is 4. The van der Waals surface area contributed by atoms with E-state index in [1.54, 1.807) is 32.7 Å². The van der Waals surface area contributed by atoms with Gasteiger partial charge < -0.3 is 9.47 Å². The van der Waals surface area contributed by atoms with E-state index in [-0.39, 0.29) is 0 Å². The number of benzene rings is 3. The molecule has 6 nitrogen and oxygen atoms in total. The average Bonchev–Trinajstić information content (AvgIpc) is 3.34. The van der Waals surface area contributed by atoms with Crippen molar-refractivity contribution in [1.82, 2.24) is 19.5 Å². The first-order valence-electron chi connectivity index (χ1n) is 11.3. The lowest BCUT2D eigenvalue weighted by Crippen LogP contribution is -2.04. The number of fused-ring (bicyclic) bond motifs is 6. The third kappa shape index (κ3) is 3.70. The maximum absolute atomic E-state index is 13.3. The molecule has 6 rings (SSSR count). The van der Waals surface area contributed by atoms with E-state index in [9.17, 15) is 13.2 Å². The molecule has 3 aromatic heterocycles. The summed E-state index contributed by atoms with van der Waals surface area (Å²) in [6.45, 7) is 0. The molecule has 37 heavy (non-hydrogen) atoms. The fourth-order valence-electron chi connectivity index (χ4n) is 4.60.